The van der Waals surface area contributed by atoms with Gasteiger partial charge in [0, 0.05) is 12.4 Å². The average molecular weight is 387 g/mol. The zero-order chi connectivity index (χ0) is 20.2. The number of hydrogen-bond acceptors (Lipinski definition) is 7. The molecule has 0 radical (unpaired) electrons. The Kier molecular flexibility index (Phi) is 8.87. The maximum Gasteiger partial charge on any atom is 0.361 e. The lowest BCUT2D eigenvalue weighted by molar-refractivity contribution is -0.139. The standard InChI is InChI=1S/C11H21N3O3.C9H8N2/c1-2-16-11(15)9(14-13)10(12)17-8-6-4-3-5-7-8;1-2-5-9(6-3-1)11-8-4-7-10-11/h8,14H,2-7,12-13H2,1H3;1-8H/b10-9+;. The van der Waals surface area contributed by atoms with Gasteiger partial charge in [-0.3, -0.25) is 5.84 Å². The fourth-order valence-electron chi connectivity index (χ4n) is 2.86. The van der Waals surface area contributed by atoms with Gasteiger partial charge >= 0.3 is 5.97 Å². The minimum absolute atomic E-state index is 0.0119. The van der Waals surface area contributed by atoms with Gasteiger partial charge in [-0.25, -0.2) is 9.48 Å². The molecule has 8 heteroatoms. The summed E-state index contributed by atoms with van der Waals surface area (Å²) < 4.78 is 12.2. The number of carbonyl (C=O) groups excluding carboxylic acids is 1. The van der Waals surface area contributed by atoms with E-state index in [4.69, 9.17) is 21.1 Å². The molecule has 1 aromatic carbocycles. The lowest BCUT2D eigenvalue weighted by Crippen LogP contribution is -2.33. The van der Waals surface area contributed by atoms with Gasteiger partial charge in [0.1, 0.15) is 6.10 Å². The summed E-state index contributed by atoms with van der Waals surface area (Å²) in [4.78, 5) is 11.5. The molecule has 1 aliphatic carbocycles. The van der Waals surface area contributed by atoms with E-state index < -0.39 is 5.97 Å². The van der Waals surface area contributed by atoms with Crippen LogP contribution in [0.15, 0.2) is 60.4 Å². The minimum atomic E-state index is -0.594. The molecule has 0 aliphatic heterocycles. The normalized spacial score (nSPS) is 14.9. The van der Waals surface area contributed by atoms with Crippen LogP contribution in [0.4, 0.5) is 0 Å². The van der Waals surface area contributed by atoms with Gasteiger partial charge in [-0.1, -0.05) is 24.6 Å². The number of nitrogens with one attached hydrogen (secondary N) is 1. The Morgan fingerprint density at radius 3 is 2.50 bits per heavy atom. The van der Waals surface area contributed by atoms with Crippen LogP contribution in [0, 0.1) is 0 Å². The van der Waals surface area contributed by atoms with Crippen LogP contribution in [-0.4, -0.2) is 28.5 Å². The monoisotopic (exact) mass is 387 g/mol. The second-order valence-corrected chi connectivity index (χ2v) is 6.27. The fourth-order valence-corrected chi connectivity index (χ4v) is 2.86. The molecule has 1 aromatic heterocycles. The zero-order valence-corrected chi connectivity index (χ0v) is 16.2. The van der Waals surface area contributed by atoms with Crippen molar-refractivity contribution in [1.82, 2.24) is 15.2 Å². The second-order valence-electron chi connectivity index (χ2n) is 6.27. The summed E-state index contributed by atoms with van der Waals surface area (Å²) in [5.74, 6) is 4.66. The number of ether oxygens (including phenoxy) is 2. The van der Waals surface area contributed by atoms with Crippen LogP contribution in [-0.2, 0) is 14.3 Å². The van der Waals surface area contributed by atoms with E-state index in [0.29, 0.717) is 0 Å². The van der Waals surface area contributed by atoms with Crippen LogP contribution in [0.5, 0.6) is 0 Å². The second kappa shape index (κ2) is 11.7. The number of aromatic nitrogens is 2. The molecule has 0 unspecified atom stereocenters. The van der Waals surface area contributed by atoms with Crippen molar-refractivity contribution in [2.45, 2.75) is 45.1 Å². The number of carbonyl (C=O) groups is 1. The predicted octanol–water partition coefficient (Wildman–Crippen LogP) is 2.36. The number of rotatable bonds is 6. The van der Waals surface area contributed by atoms with E-state index in [1.165, 1.54) is 6.42 Å². The van der Waals surface area contributed by atoms with Crippen molar-refractivity contribution in [2.75, 3.05) is 6.61 Å². The predicted molar refractivity (Wildman–Crippen MR) is 107 cm³/mol. The topological polar surface area (TPSA) is 117 Å². The van der Waals surface area contributed by atoms with Crippen molar-refractivity contribution in [3.63, 3.8) is 0 Å². The largest absolute Gasteiger partial charge is 0.474 e. The van der Waals surface area contributed by atoms with Crippen LogP contribution in [0.3, 0.4) is 0 Å². The molecule has 8 nitrogen and oxygen atoms in total. The van der Waals surface area contributed by atoms with Crippen LogP contribution in [0.1, 0.15) is 39.0 Å². The molecule has 3 rings (SSSR count). The number of esters is 1. The summed E-state index contributed by atoms with van der Waals surface area (Å²) in [5, 5.41) is 4.10. The van der Waals surface area contributed by atoms with Crippen molar-refractivity contribution >= 4 is 5.97 Å². The molecule has 0 bridgehead atoms. The fraction of sp³-hybridized carbons (Fsp3) is 0.400. The van der Waals surface area contributed by atoms with Crippen molar-refractivity contribution in [3.05, 3.63) is 60.4 Å². The van der Waals surface area contributed by atoms with Crippen LogP contribution < -0.4 is 17.0 Å². The van der Waals surface area contributed by atoms with Gasteiger partial charge in [0.25, 0.3) is 0 Å². The third-order valence-electron chi connectivity index (χ3n) is 4.24. The van der Waals surface area contributed by atoms with Crippen LogP contribution in [0.2, 0.25) is 0 Å². The Labute approximate surface area is 165 Å². The Morgan fingerprint density at radius 2 is 1.93 bits per heavy atom. The van der Waals surface area contributed by atoms with Crippen molar-refractivity contribution in [2.24, 2.45) is 11.6 Å². The molecule has 28 heavy (non-hydrogen) atoms. The summed E-state index contributed by atoms with van der Waals surface area (Å²) in [5.41, 5.74) is 9.01. The van der Waals surface area contributed by atoms with Crippen LogP contribution >= 0.6 is 0 Å². The molecule has 152 valence electrons. The first-order valence-electron chi connectivity index (χ1n) is 9.51. The van der Waals surface area contributed by atoms with Gasteiger partial charge in [0.15, 0.2) is 5.70 Å². The van der Waals surface area contributed by atoms with E-state index >= 15 is 0 Å². The third kappa shape index (κ3) is 6.62. The molecule has 5 N–H and O–H groups in total. The Morgan fingerprint density at radius 1 is 1.21 bits per heavy atom. The van der Waals surface area contributed by atoms with Crippen molar-refractivity contribution < 1.29 is 14.3 Å². The van der Waals surface area contributed by atoms with Gasteiger partial charge in [0.05, 0.1) is 12.3 Å². The number of hydrazine groups is 1. The van der Waals surface area contributed by atoms with Crippen molar-refractivity contribution in [1.29, 1.82) is 0 Å². The summed E-state index contributed by atoms with van der Waals surface area (Å²) >= 11 is 0. The van der Waals surface area contributed by atoms with E-state index in [9.17, 15) is 4.79 Å². The van der Waals surface area contributed by atoms with E-state index in [2.05, 4.69) is 10.5 Å². The van der Waals surface area contributed by atoms with Gasteiger partial charge in [-0.2, -0.15) is 5.10 Å². The van der Waals surface area contributed by atoms with Gasteiger partial charge in [-0.05, 0) is 50.8 Å². The molecule has 1 fully saturated rings. The zero-order valence-electron chi connectivity index (χ0n) is 16.2. The molecule has 0 spiro atoms. The van der Waals surface area contributed by atoms with Gasteiger partial charge in [0.2, 0.25) is 5.88 Å². The quantitative estimate of drug-likeness (QED) is 0.229. The highest BCUT2D eigenvalue weighted by molar-refractivity contribution is 5.88. The Bertz CT molecular complexity index is 726. The highest BCUT2D eigenvalue weighted by atomic mass is 16.5. The lowest BCUT2D eigenvalue weighted by Gasteiger charge is -2.23. The maximum absolute atomic E-state index is 11.5. The molecule has 1 aliphatic rings. The van der Waals surface area contributed by atoms with E-state index in [-0.39, 0.29) is 24.3 Å². The van der Waals surface area contributed by atoms with Gasteiger partial charge in [-0.15, -0.1) is 0 Å². The highest BCUT2D eigenvalue weighted by Gasteiger charge is 2.20. The number of nitrogens with zero attached hydrogens (tertiary/aromatic N) is 2. The number of hydrogen-bond donors (Lipinski definition) is 3. The summed E-state index contributed by atoms with van der Waals surface area (Å²) in [6.45, 7) is 1.98. The van der Waals surface area contributed by atoms with Crippen molar-refractivity contribution in [3.8, 4) is 5.69 Å². The summed E-state index contributed by atoms with van der Waals surface area (Å²) in [7, 11) is 0. The first kappa shape index (κ1) is 21.3. The molecule has 1 saturated carbocycles. The van der Waals surface area contributed by atoms with E-state index in [1.54, 1.807) is 13.1 Å². The summed E-state index contributed by atoms with van der Waals surface area (Å²) in [6, 6.07) is 11.9. The number of nitrogens with two attached hydrogens (primary N) is 2. The molecule has 0 atom stereocenters. The number of para-hydroxylation sites is 1. The maximum atomic E-state index is 11.5. The minimum Gasteiger partial charge on any atom is -0.474 e. The number of benzene rings is 1. The van der Waals surface area contributed by atoms with Gasteiger partial charge < -0.3 is 20.6 Å². The highest BCUT2D eigenvalue weighted by Crippen LogP contribution is 2.21. The lowest BCUT2D eigenvalue weighted by atomic mass is 9.98. The average Bonchev–Trinajstić information content (AvgIpc) is 3.26. The molecule has 0 amide bonds. The molecule has 0 saturated heterocycles. The Hall–Kier alpha value is -3.00. The molecule has 2 aromatic rings. The Balaban J connectivity index is 0.000000218. The molecular weight excluding hydrogens is 358 g/mol. The van der Waals surface area contributed by atoms with E-state index in [1.807, 2.05) is 47.3 Å². The SMILES string of the molecule is CCOC(=O)/C(NN)=C(/N)OC1CCCCC1.c1ccc(-n2cccn2)cc1. The molecule has 1 heterocycles. The first-order chi connectivity index (χ1) is 13.7. The van der Waals surface area contributed by atoms with Crippen LogP contribution in [0.25, 0.3) is 5.69 Å². The van der Waals surface area contributed by atoms with E-state index in [0.717, 1.165) is 31.4 Å². The summed E-state index contributed by atoms with van der Waals surface area (Å²) in [6.07, 6.45) is 9.17. The molecular formula is C20H29N5O3. The third-order valence-corrected chi connectivity index (χ3v) is 4.24. The first-order valence-corrected chi connectivity index (χ1v) is 9.51. The smallest absolute Gasteiger partial charge is 0.361 e.